The van der Waals surface area contributed by atoms with E-state index in [0.29, 0.717) is 38.1 Å². The molecule has 0 amide bonds. The predicted octanol–water partition coefficient (Wildman–Crippen LogP) is 6.81. The van der Waals surface area contributed by atoms with Crippen LogP contribution < -0.4 is 0 Å². The van der Waals surface area contributed by atoms with E-state index in [4.69, 9.17) is 40.1 Å². The van der Waals surface area contributed by atoms with E-state index >= 15 is 0 Å². The second-order valence-electron chi connectivity index (χ2n) is 15.3. The lowest BCUT2D eigenvalue weighted by Gasteiger charge is -2.45. The van der Waals surface area contributed by atoms with E-state index in [2.05, 4.69) is 0 Å². The SMILES string of the molecule is CCO[Si](C)(COC(C)(C)C)O[Si](C)(COC(C)(C)C)O[Si](C)(COC(C)(C)C)O[Si](C)(COC(C)(C)C)OCC. The van der Waals surface area contributed by atoms with Gasteiger partial charge in [-0.15, -0.1) is 0 Å². The molecule has 0 spiro atoms. The molecule has 0 aliphatic carbocycles. The Morgan fingerprint density at radius 1 is 0.366 bits per heavy atom. The van der Waals surface area contributed by atoms with Gasteiger partial charge in [0.05, 0.1) is 47.3 Å². The molecule has 0 aliphatic rings. The van der Waals surface area contributed by atoms with Crippen molar-refractivity contribution in [3.8, 4) is 0 Å². The van der Waals surface area contributed by atoms with Crippen LogP contribution in [0.3, 0.4) is 0 Å². The molecule has 0 fully saturated rings. The largest absolute Gasteiger partial charge is 0.413 e. The number of rotatable bonds is 18. The first-order chi connectivity index (χ1) is 18.1. The van der Waals surface area contributed by atoms with Crippen LogP contribution >= 0.6 is 0 Å². The second-order valence-corrected chi connectivity index (χ2v) is 28.6. The maximum atomic E-state index is 7.15. The van der Waals surface area contributed by atoms with Crippen molar-refractivity contribution in [3.63, 3.8) is 0 Å². The van der Waals surface area contributed by atoms with Gasteiger partial charge in [0, 0.05) is 13.2 Å². The monoisotopic (exact) mass is 658 g/mol. The van der Waals surface area contributed by atoms with Crippen LogP contribution in [0.4, 0.5) is 0 Å². The van der Waals surface area contributed by atoms with Crippen molar-refractivity contribution in [1.29, 1.82) is 0 Å². The lowest BCUT2D eigenvalue weighted by atomic mass is 10.2. The van der Waals surface area contributed by atoms with E-state index in [1.165, 1.54) is 0 Å². The van der Waals surface area contributed by atoms with Crippen molar-refractivity contribution in [2.24, 2.45) is 0 Å². The summed E-state index contributed by atoms with van der Waals surface area (Å²) >= 11 is 0. The zero-order valence-electron chi connectivity index (χ0n) is 29.9. The summed E-state index contributed by atoms with van der Waals surface area (Å²) in [4.78, 5) is 0. The Morgan fingerprint density at radius 2 is 0.561 bits per heavy atom. The predicted molar refractivity (Wildman–Crippen MR) is 176 cm³/mol. The first-order valence-corrected chi connectivity index (χ1v) is 25.1. The van der Waals surface area contributed by atoms with Crippen molar-refractivity contribution in [1.82, 2.24) is 0 Å². The fourth-order valence-corrected chi connectivity index (χ4v) is 21.8. The third-order valence-corrected chi connectivity index (χ3v) is 20.1. The highest BCUT2D eigenvalue weighted by atomic mass is 28.5. The van der Waals surface area contributed by atoms with Gasteiger partial charge in [-0.3, -0.25) is 0 Å². The van der Waals surface area contributed by atoms with Gasteiger partial charge in [0.15, 0.2) is 0 Å². The van der Waals surface area contributed by atoms with Crippen LogP contribution in [-0.4, -0.2) is 94.8 Å². The highest BCUT2D eigenvalue weighted by molar-refractivity contribution is 6.88. The molecule has 0 saturated heterocycles. The molecule has 4 atom stereocenters. The van der Waals surface area contributed by atoms with Crippen LogP contribution in [0, 0.1) is 0 Å². The molecule has 0 aromatic heterocycles. The smallest absolute Gasteiger partial charge is 0.352 e. The molecule has 0 N–H and O–H groups in total. The molecule has 9 nitrogen and oxygen atoms in total. The third kappa shape index (κ3) is 20.2. The van der Waals surface area contributed by atoms with E-state index in [9.17, 15) is 0 Å². The number of hydrogen-bond acceptors (Lipinski definition) is 9. The van der Waals surface area contributed by atoms with E-state index < -0.39 is 34.2 Å². The number of hydrogen-bond donors (Lipinski definition) is 0. The van der Waals surface area contributed by atoms with Crippen LogP contribution in [0.15, 0.2) is 0 Å². The summed E-state index contributed by atoms with van der Waals surface area (Å²) in [6.07, 6.45) is 1.34. The zero-order valence-corrected chi connectivity index (χ0v) is 33.9. The molecule has 0 radical (unpaired) electrons. The molecule has 4 unspecified atom stereocenters. The fourth-order valence-electron chi connectivity index (χ4n) is 3.73. The fraction of sp³-hybridized carbons (Fsp3) is 1.00. The van der Waals surface area contributed by atoms with Gasteiger partial charge in [-0.25, -0.2) is 0 Å². The molecule has 13 heteroatoms. The Balaban J connectivity index is 6.61. The molecule has 0 aromatic rings. The Labute approximate surface area is 257 Å². The maximum Gasteiger partial charge on any atom is 0.352 e. The number of ether oxygens (including phenoxy) is 4. The summed E-state index contributed by atoms with van der Waals surface area (Å²) < 4.78 is 58.8. The van der Waals surface area contributed by atoms with Gasteiger partial charge in [-0.1, -0.05) is 0 Å². The van der Waals surface area contributed by atoms with Crippen molar-refractivity contribution in [2.45, 2.75) is 146 Å². The van der Waals surface area contributed by atoms with Crippen molar-refractivity contribution in [2.75, 3.05) is 38.1 Å². The van der Waals surface area contributed by atoms with Gasteiger partial charge in [0.25, 0.3) is 0 Å². The van der Waals surface area contributed by atoms with E-state index in [0.717, 1.165) is 0 Å². The van der Waals surface area contributed by atoms with Crippen LogP contribution in [-0.2, 0) is 40.1 Å². The normalized spacial score (nSPS) is 19.8. The van der Waals surface area contributed by atoms with Crippen molar-refractivity contribution < 1.29 is 40.1 Å². The second kappa shape index (κ2) is 15.7. The standard InChI is InChI=1S/C28H66O9Si4/c1-19-33-38(15,21-29-25(3,4)5)35-40(17,23-31-27(9,10)11)37-41(18,24-32-28(12,13)14)36-39(16,34-20-2)22-30-26(6,7)8/h19-24H2,1-18H3. The summed E-state index contributed by atoms with van der Waals surface area (Å²) in [5.74, 6) is 0. The molecule has 0 saturated carbocycles. The topological polar surface area (TPSA) is 83.1 Å². The van der Waals surface area contributed by atoms with Crippen molar-refractivity contribution >= 4 is 34.2 Å². The van der Waals surface area contributed by atoms with Gasteiger partial charge >= 0.3 is 34.2 Å². The summed E-state index contributed by atoms with van der Waals surface area (Å²) in [6.45, 7) is 37.5. The average molecular weight is 659 g/mol. The first-order valence-electron chi connectivity index (χ1n) is 15.0. The third-order valence-electron chi connectivity index (χ3n) is 5.26. The highest BCUT2D eigenvalue weighted by Crippen LogP contribution is 2.29. The molecule has 0 bridgehead atoms. The summed E-state index contributed by atoms with van der Waals surface area (Å²) in [7, 11) is -11.9. The van der Waals surface area contributed by atoms with E-state index in [1.54, 1.807) is 0 Å². The first kappa shape index (κ1) is 41.5. The molecule has 0 aromatic carbocycles. The lowest BCUT2D eigenvalue weighted by molar-refractivity contribution is -0.00826. The molecule has 248 valence electrons. The Hall–Kier alpha value is 0.508. The minimum atomic E-state index is -3.13. The van der Waals surface area contributed by atoms with Crippen LogP contribution in [0.1, 0.15) is 96.9 Å². The summed E-state index contributed by atoms with van der Waals surface area (Å²) in [5.41, 5.74) is -1.44. The summed E-state index contributed by atoms with van der Waals surface area (Å²) in [6, 6.07) is 0. The molecule has 0 aliphatic heterocycles. The van der Waals surface area contributed by atoms with E-state index in [1.807, 2.05) is 123 Å². The average Bonchev–Trinajstić information content (AvgIpc) is 2.72. The molecule has 0 rings (SSSR count). The Morgan fingerprint density at radius 3 is 0.756 bits per heavy atom. The Kier molecular flexibility index (Phi) is 15.9. The van der Waals surface area contributed by atoms with Gasteiger partial charge in [0.2, 0.25) is 0 Å². The van der Waals surface area contributed by atoms with Crippen LogP contribution in [0.2, 0.25) is 26.2 Å². The molecule has 41 heavy (non-hydrogen) atoms. The Bertz CT molecular complexity index is 702. The van der Waals surface area contributed by atoms with Gasteiger partial charge < -0.3 is 40.1 Å². The summed E-state index contributed by atoms with van der Waals surface area (Å²) in [5, 5.41) is 0. The molecular formula is C28H66O9Si4. The van der Waals surface area contributed by atoms with Crippen LogP contribution in [0.25, 0.3) is 0 Å². The molecular weight excluding hydrogens is 593 g/mol. The van der Waals surface area contributed by atoms with Gasteiger partial charge in [-0.2, -0.15) is 0 Å². The lowest BCUT2D eigenvalue weighted by Crippen LogP contribution is -2.66. The quantitative estimate of drug-likeness (QED) is 0.147. The minimum absolute atomic E-state index is 0.300. The zero-order chi connectivity index (χ0) is 32.6. The van der Waals surface area contributed by atoms with E-state index in [-0.39, 0.29) is 22.4 Å². The van der Waals surface area contributed by atoms with Crippen LogP contribution in [0.5, 0.6) is 0 Å². The molecule has 0 heterocycles. The highest BCUT2D eigenvalue weighted by Gasteiger charge is 2.53. The van der Waals surface area contributed by atoms with Crippen molar-refractivity contribution in [3.05, 3.63) is 0 Å². The van der Waals surface area contributed by atoms with Gasteiger partial charge in [0.1, 0.15) is 0 Å². The minimum Gasteiger partial charge on any atom is -0.413 e. The maximum absolute atomic E-state index is 7.15. The van der Waals surface area contributed by atoms with Gasteiger partial charge in [-0.05, 0) is 123 Å².